The third-order valence-electron chi connectivity index (χ3n) is 2.88. The molecule has 0 aliphatic heterocycles. The Hall–Kier alpha value is -1.58. The van der Waals surface area contributed by atoms with Crippen LogP contribution < -0.4 is 0 Å². The van der Waals surface area contributed by atoms with E-state index in [0.717, 1.165) is 4.57 Å². The van der Waals surface area contributed by atoms with E-state index in [1.54, 1.807) is 41.5 Å². The van der Waals surface area contributed by atoms with Gasteiger partial charge in [0.15, 0.2) is 0 Å². The predicted octanol–water partition coefficient (Wildman–Crippen LogP) is 3.54. The highest BCUT2D eigenvalue weighted by molar-refractivity contribution is 14.1. The van der Waals surface area contributed by atoms with Crippen LogP contribution in [0.3, 0.4) is 0 Å². The van der Waals surface area contributed by atoms with Crippen LogP contribution in [0.25, 0.3) is 0 Å². The minimum absolute atomic E-state index is 0.0291. The molecule has 0 unspecified atom stereocenters. The van der Waals surface area contributed by atoms with Crippen molar-refractivity contribution in [2.45, 2.75) is 47.1 Å². The first kappa shape index (κ1) is 20.5. The number of hydrogen-bond donors (Lipinski definition) is 0. The summed E-state index contributed by atoms with van der Waals surface area (Å²) in [6.07, 6.45) is -0.756. The Bertz CT molecular complexity index is 657. The molecule has 24 heavy (non-hydrogen) atoms. The van der Waals surface area contributed by atoms with Gasteiger partial charge in [-0.05, 0) is 69.7 Å². The van der Waals surface area contributed by atoms with Crippen molar-refractivity contribution in [3.8, 4) is 0 Å². The number of esters is 2. The molecule has 0 bridgehead atoms. The highest BCUT2D eigenvalue weighted by Gasteiger charge is 2.33. The van der Waals surface area contributed by atoms with E-state index in [0.29, 0.717) is 5.56 Å². The summed E-state index contributed by atoms with van der Waals surface area (Å²) in [6.45, 7) is 10.4. The summed E-state index contributed by atoms with van der Waals surface area (Å²) < 4.78 is 16.7. The number of nitrogens with zero attached hydrogens (tertiary/aromatic N) is 1. The van der Waals surface area contributed by atoms with Crippen LogP contribution in [-0.2, 0) is 14.2 Å². The van der Waals surface area contributed by atoms with Gasteiger partial charge in [0.2, 0.25) is 0 Å². The number of ether oxygens (including phenoxy) is 3. The van der Waals surface area contributed by atoms with Gasteiger partial charge in [-0.1, -0.05) is 0 Å². The molecule has 7 nitrogen and oxygen atoms in total. The number of hydrogen-bond acceptors (Lipinski definition) is 6. The van der Waals surface area contributed by atoms with Crippen LogP contribution in [0.15, 0.2) is 0 Å². The second-order valence-corrected chi connectivity index (χ2v) is 6.92. The average Bonchev–Trinajstić information content (AvgIpc) is 2.68. The first-order valence-electron chi connectivity index (χ1n) is 7.53. The van der Waals surface area contributed by atoms with Gasteiger partial charge in [0, 0.05) is 0 Å². The van der Waals surface area contributed by atoms with Gasteiger partial charge < -0.3 is 14.2 Å². The molecule has 1 aromatic rings. The lowest BCUT2D eigenvalue weighted by atomic mass is 10.1. The lowest BCUT2D eigenvalue weighted by Gasteiger charge is -2.20. The molecule has 1 rings (SSSR count). The van der Waals surface area contributed by atoms with E-state index in [2.05, 4.69) is 0 Å². The maximum absolute atomic E-state index is 12.5. The fourth-order valence-corrected chi connectivity index (χ4v) is 3.08. The summed E-state index contributed by atoms with van der Waals surface area (Å²) >= 11 is 1.82. The predicted molar refractivity (Wildman–Crippen MR) is 95.4 cm³/mol. The van der Waals surface area contributed by atoms with Gasteiger partial charge in [0.25, 0.3) is 0 Å². The van der Waals surface area contributed by atoms with Crippen LogP contribution in [0, 0.1) is 10.6 Å². The zero-order valence-electron chi connectivity index (χ0n) is 14.7. The molecule has 134 valence electrons. The van der Waals surface area contributed by atoms with Gasteiger partial charge in [0.1, 0.15) is 15.0 Å². The maximum Gasteiger partial charge on any atom is 0.420 e. The summed E-state index contributed by atoms with van der Waals surface area (Å²) in [7, 11) is 0. The van der Waals surface area contributed by atoms with Crippen LogP contribution >= 0.6 is 22.6 Å². The molecule has 0 saturated carbocycles. The van der Waals surface area contributed by atoms with Crippen molar-refractivity contribution in [2.24, 2.45) is 0 Å². The van der Waals surface area contributed by atoms with Crippen LogP contribution in [0.5, 0.6) is 0 Å². The molecule has 0 spiro atoms. The topological polar surface area (TPSA) is 83.8 Å². The first-order chi connectivity index (χ1) is 11.0. The Balaban J connectivity index is 3.54. The normalized spacial score (nSPS) is 11.1. The summed E-state index contributed by atoms with van der Waals surface area (Å²) in [4.78, 5) is 37.0. The number of carbonyl (C=O) groups excluding carboxylic acids is 3. The zero-order valence-corrected chi connectivity index (χ0v) is 16.8. The van der Waals surface area contributed by atoms with Crippen molar-refractivity contribution in [1.29, 1.82) is 0 Å². The third-order valence-corrected chi connectivity index (χ3v) is 3.90. The van der Waals surface area contributed by atoms with Crippen molar-refractivity contribution in [3.63, 3.8) is 0 Å². The second kappa shape index (κ2) is 8.00. The van der Waals surface area contributed by atoms with E-state index in [9.17, 15) is 14.4 Å². The Morgan fingerprint density at radius 1 is 1.04 bits per heavy atom. The van der Waals surface area contributed by atoms with Gasteiger partial charge in [0.05, 0.1) is 18.8 Å². The molecule has 1 aromatic heterocycles. The largest absolute Gasteiger partial charge is 0.462 e. The van der Waals surface area contributed by atoms with Crippen molar-refractivity contribution in [3.05, 3.63) is 20.5 Å². The van der Waals surface area contributed by atoms with Crippen LogP contribution in [-0.4, -0.2) is 41.4 Å². The summed E-state index contributed by atoms with van der Waals surface area (Å²) in [5.41, 5.74) is -0.305. The van der Waals surface area contributed by atoms with Gasteiger partial charge in [-0.15, -0.1) is 0 Å². The van der Waals surface area contributed by atoms with Crippen molar-refractivity contribution in [2.75, 3.05) is 13.2 Å². The summed E-state index contributed by atoms with van der Waals surface area (Å²) in [5.74, 6) is -1.30. The van der Waals surface area contributed by atoms with Crippen molar-refractivity contribution < 1.29 is 28.6 Å². The van der Waals surface area contributed by atoms with Gasteiger partial charge in [-0.2, -0.15) is 0 Å². The minimum Gasteiger partial charge on any atom is -0.462 e. The molecule has 1 heterocycles. The Morgan fingerprint density at radius 2 is 1.54 bits per heavy atom. The summed E-state index contributed by atoms with van der Waals surface area (Å²) in [6, 6.07) is 0. The van der Waals surface area contributed by atoms with Gasteiger partial charge >= 0.3 is 18.0 Å². The van der Waals surface area contributed by atoms with E-state index < -0.39 is 23.6 Å². The number of carbonyl (C=O) groups is 3. The maximum atomic E-state index is 12.5. The average molecular weight is 451 g/mol. The molecular formula is C16H22INO6. The highest BCUT2D eigenvalue weighted by Crippen LogP contribution is 2.27. The Labute approximate surface area is 154 Å². The SMILES string of the molecule is CCOC(=O)c1c(C)c(C(=O)OCC)n(C(=O)OC(C)(C)C)c1I. The van der Waals surface area contributed by atoms with E-state index in [1.165, 1.54) is 0 Å². The second-order valence-electron chi connectivity index (χ2n) is 5.90. The standard InChI is InChI=1S/C16H22INO6/c1-7-22-13(19)10-9(3)11(14(20)23-8-2)18(12(10)17)15(21)24-16(4,5)6/h7-8H2,1-6H3. The van der Waals surface area contributed by atoms with Crippen molar-refractivity contribution in [1.82, 2.24) is 4.57 Å². The van der Waals surface area contributed by atoms with Gasteiger partial charge in [-0.3, -0.25) is 0 Å². The molecule has 8 heteroatoms. The molecule has 0 fully saturated rings. The molecule has 0 aromatic carbocycles. The lowest BCUT2D eigenvalue weighted by Crippen LogP contribution is -2.30. The molecule has 0 atom stereocenters. The fraction of sp³-hybridized carbons (Fsp3) is 0.562. The molecule has 0 aliphatic carbocycles. The fourth-order valence-electron chi connectivity index (χ4n) is 2.01. The third kappa shape index (κ3) is 4.49. The number of halogens is 1. The molecule has 0 radical (unpaired) electrons. The van der Waals surface area contributed by atoms with Crippen LogP contribution in [0.4, 0.5) is 4.79 Å². The van der Waals surface area contributed by atoms with Crippen LogP contribution in [0.2, 0.25) is 0 Å². The molecule has 0 amide bonds. The first-order valence-corrected chi connectivity index (χ1v) is 8.61. The Kier molecular flexibility index (Phi) is 6.82. The van der Waals surface area contributed by atoms with E-state index >= 15 is 0 Å². The van der Waals surface area contributed by atoms with E-state index in [1.807, 2.05) is 22.6 Å². The molecule has 0 saturated heterocycles. The smallest absolute Gasteiger partial charge is 0.420 e. The van der Waals surface area contributed by atoms with Crippen molar-refractivity contribution >= 4 is 40.6 Å². The lowest BCUT2D eigenvalue weighted by molar-refractivity contribution is 0.0445. The zero-order chi connectivity index (χ0) is 18.7. The number of aromatic nitrogens is 1. The Morgan fingerprint density at radius 3 is 2.00 bits per heavy atom. The monoisotopic (exact) mass is 451 g/mol. The van der Waals surface area contributed by atoms with E-state index in [-0.39, 0.29) is 28.2 Å². The molecule has 0 aliphatic rings. The minimum atomic E-state index is -0.756. The number of rotatable bonds is 4. The quantitative estimate of drug-likeness (QED) is 0.396. The molecular weight excluding hydrogens is 429 g/mol. The van der Waals surface area contributed by atoms with Crippen LogP contribution in [0.1, 0.15) is 61.0 Å². The van der Waals surface area contributed by atoms with Gasteiger partial charge in [-0.25, -0.2) is 19.0 Å². The van der Waals surface area contributed by atoms with E-state index in [4.69, 9.17) is 14.2 Å². The summed E-state index contributed by atoms with van der Waals surface area (Å²) in [5, 5.41) is 0. The molecule has 0 N–H and O–H groups in total. The highest BCUT2D eigenvalue weighted by atomic mass is 127.